The predicted molar refractivity (Wildman–Crippen MR) is 118 cm³/mol. The van der Waals surface area contributed by atoms with Crippen LogP contribution >= 0.6 is 23.1 Å². The Kier molecular flexibility index (Phi) is 6.94. The van der Waals surface area contributed by atoms with E-state index in [1.54, 1.807) is 24.3 Å². The Morgan fingerprint density at radius 2 is 1.90 bits per heavy atom. The lowest BCUT2D eigenvalue weighted by atomic mass is 10.1. The second-order valence-electron chi connectivity index (χ2n) is 7.20. The number of rotatable bonds is 7. The molecule has 0 aliphatic heterocycles. The van der Waals surface area contributed by atoms with Crippen molar-refractivity contribution in [1.82, 2.24) is 9.69 Å². The van der Waals surface area contributed by atoms with Crippen molar-refractivity contribution in [2.75, 3.05) is 10.6 Å². The van der Waals surface area contributed by atoms with Gasteiger partial charge in [-0.2, -0.15) is 4.37 Å². The normalized spacial score (nSPS) is 15.0. The number of hydrogen-bond acceptors (Lipinski definition) is 6. The molecule has 1 atom stereocenters. The van der Waals surface area contributed by atoms with Crippen molar-refractivity contribution in [1.29, 1.82) is 0 Å². The molecule has 2 aromatic rings. The number of nitrogens with zero attached hydrogens (tertiary/aromatic N) is 2. The molecule has 0 spiro atoms. The summed E-state index contributed by atoms with van der Waals surface area (Å²) in [6.45, 7) is 1.83. The van der Waals surface area contributed by atoms with Gasteiger partial charge >= 0.3 is 0 Å². The average Bonchev–Trinajstić information content (AvgIpc) is 3.35. The van der Waals surface area contributed by atoms with E-state index < -0.39 is 17.9 Å². The smallest absolute Gasteiger partial charge is 0.272 e. The van der Waals surface area contributed by atoms with Crippen LogP contribution in [0.5, 0.6) is 0 Å². The lowest BCUT2D eigenvalue weighted by Crippen LogP contribution is -2.51. The van der Waals surface area contributed by atoms with Crippen molar-refractivity contribution < 1.29 is 14.4 Å². The van der Waals surface area contributed by atoms with Gasteiger partial charge in [0.15, 0.2) is 5.69 Å². The van der Waals surface area contributed by atoms with Gasteiger partial charge < -0.3 is 16.8 Å². The Bertz CT molecular complexity index is 940. The summed E-state index contributed by atoms with van der Waals surface area (Å²) >= 11 is 6.79. The molecule has 1 saturated carbocycles. The van der Waals surface area contributed by atoms with Crippen LogP contribution in [0.15, 0.2) is 24.3 Å². The number of carbonyl (C=O) groups excluding carboxylic acids is 3. The Hall–Kier alpha value is -2.65. The zero-order valence-electron chi connectivity index (χ0n) is 16.6. The fourth-order valence-electron chi connectivity index (χ4n) is 3.63. The summed E-state index contributed by atoms with van der Waals surface area (Å²) in [4.78, 5) is 39.5. The van der Waals surface area contributed by atoms with Crippen molar-refractivity contribution in [3.8, 4) is 0 Å². The Labute approximate surface area is 183 Å². The van der Waals surface area contributed by atoms with Crippen molar-refractivity contribution in [2.24, 2.45) is 5.73 Å². The number of nitrogens with two attached hydrogens (primary N) is 2. The molecular weight excluding hydrogens is 426 g/mol. The summed E-state index contributed by atoms with van der Waals surface area (Å²) < 4.78 is 3.91. The summed E-state index contributed by atoms with van der Waals surface area (Å²) in [7, 11) is 0. The highest BCUT2D eigenvalue weighted by atomic mass is 35.5. The van der Waals surface area contributed by atoms with E-state index in [0.29, 0.717) is 17.1 Å². The second kappa shape index (κ2) is 9.44. The first kappa shape index (κ1) is 22.0. The van der Waals surface area contributed by atoms with E-state index >= 15 is 0 Å². The number of benzene rings is 1. The average molecular weight is 450 g/mol. The van der Waals surface area contributed by atoms with Crippen molar-refractivity contribution in [3.63, 3.8) is 0 Å². The van der Waals surface area contributed by atoms with Gasteiger partial charge in [0.05, 0.1) is 5.69 Å². The van der Waals surface area contributed by atoms with E-state index in [4.69, 9.17) is 23.1 Å². The summed E-state index contributed by atoms with van der Waals surface area (Å²) in [5, 5.41) is 3.56. The first-order valence-electron chi connectivity index (χ1n) is 9.77. The molecule has 10 heteroatoms. The molecular formula is C20H24ClN5O3S. The van der Waals surface area contributed by atoms with Crippen LogP contribution in [0.3, 0.4) is 0 Å². The van der Waals surface area contributed by atoms with E-state index in [-0.39, 0.29) is 28.2 Å². The third-order valence-corrected chi connectivity index (χ3v) is 6.28. The quantitative estimate of drug-likeness (QED) is 0.597. The van der Waals surface area contributed by atoms with Crippen LogP contribution in [0, 0.1) is 0 Å². The molecule has 1 heterocycles. The van der Waals surface area contributed by atoms with Crippen LogP contribution in [0.2, 0.25) is 5.02 Å². The van der Waals surface area contributed by atoms with Gasteiger partial charge in [-0.05, 0) is 55.1 Å². The minimum atomic E-state index is -0.813. The van der Waals surface area contributed by atoms with E-state index in [9.17, 15) is 14.4 Å². The number of aromatic nitrogens is 1. The summed E-state index contributed by atoms with van der Waals surface area (Å²) in [6, 6.07) is 5.96. The van der Waals surface area contributed by atoms with Crippen molar-refractivity contribution >= 4 is 52.2 Å². The van der Waals surface area contributed by atoms with Gasteiger partial charge in [0.2, 0.25) is 5.91 Å². The molecule has 1 aromatic heterocycles. The van der Waals surface area contributed by atoms with Gasteiger partial charge in [-0.15, -0.1) is 0 Å². The fraction of sp³-hybridized carbons (Fsp3) is 0.400. The Balaban J connectivity index is 1.98. The first-order valence-corrected chi connectivity index (χ1v) is 10.9. The SMILES string of the molecule is CCC(C(=O)NC1CCCC1)N(C(=O)c1snc(C(N)=O)c1N)c1ccc(Cl)cc1. The number of nitrogens with one attached hydrogen (secondary N) is 1. The number of primary amides is 1. The summed E-state index contributed by atoms with van der Waals surface area (Å²) in [5.41, 5.74) is 11.5. The molecule has 0 bridgehead atoms. The number of nitrogen functional groups attached to an aromatic ring is 1. The lowest BCUT2D eigenvalue weighted by Gasteiger charge is -2.31. The molecule has 0 radical (unpaired) electrons. The highest BCUT2D eigenvalue weighted by Gasteiger charge is 2.34. The molecule has 5 N–H and O–H groups in total. The van der Waals surface area contributed by atoms with E-state index in [1.165, 1.54) is 4.90 Å². The van der Waals surface area contributed by atoms with Gasteiger partial charge in [0, 0.05) is 16.8 Å². The number of halogens is 1. The standard InChI is InChI=1S/C20H24ClN5O3S/c1-2-14(19(28)24-12-5-3-4-6-12)26(13-9-7-11(21)8-10-13)20(29)17-15(22)16(18(23)27)25-30-17/h7-10,12,14H,2-6,22H2,1H3,(H2,23,27)(H,24,28). The van der Waals surface area contributed by atoms with Crippen molar-refractivity contribution in [2.45, 2.75) is 51.1 Å². The molecule has 1 aliphatic carbocycles. The highest BCUT2D eigenvalue weighted by Crippen LogP contribution is 2.29. The second-order valence-corrected chi connectivity index (χ2v) is 8.41. The number of hydrogen-bond donors (Lipinski definition) is 3. The molecule has 1 aromatic carbocycles. The third-order valence-electron chi connectivity index (χ3n) is 5.18. The summed E-state index contributed by atoms with van der Waals surface area (Å²) in [5.74, 6) is -1.56. The van der Waals surface area contributed by atoms with Gasteiger partial charge in [-0.3, -0.25) is 19.3 Å². The molecule has 1 fully saturated rings. The Morgan fingerprint density at radius 1 is 1.27 bits per heavy atom. The van der Waals surface area contributed by atoms with Crippen LogP contribution in [0.4, 0.5) is 11.4 Å². The molecule has 3 amide bonds. The highest BCUT2D eigenvalue weighted by molar-refractivity contribution is 7.09. The Morgan fingerprint density at radius 3 is 2.43 bits per heavy atom. The van der Waals surface area contributed by atoms with Crippen LogP contribution in [-0.2, 0) is 4.79 Å². The predicted octanol–water partition coefficient (Wildman–Crippen LogP) is 2.96. The molecule has 160 valence electrons. The van der Waals surface area contributed by atoms with Crippen molar-refractivity contribution in [3.05, 3.63) is 39.9 Å². The van der Waals surface area contributed by atoms with Crippen LogP contribution in [0.1, 0.15) is 59.2 Å². The topological polar surface area (TPSA) is 131 Å². The zero-order chi connectivity index (χ0) is 21.8. The number of amides is 3. The maximum Gasteiger partial charge on any atom is 0.272 e. The van der Waals surface area contributed by atoms with Gasteiger partial charge in [-0.25, -0.2) is 0 Å². The molecule has 30 heavy (non-hydrogen) atoms. The largest absolute Gasteiger partial charge is 0.395 e. The van der Waals surface area contributed by atoms with E-state index in [0.717, 1.165) is 37.2 Å². The van der Waals surface area contributed by atoms with E-state index in [2.05, 4.69) is 9.69 Å². The molecule has 8 nitrogen and oxygen atoms in total. The minimum Gasteiger partial charge on any atom is -0.395 e. The van der Waals surface area contributed by atoms with Crippen LogP contribution < -0.4 is 21.7 Å². The van der Waals surface area contributed by atoms with Crippen LogP contribution in [0.25, 0.3) is 0 Å². The summed E-state index contributed by atoms with van der Waals surface area (Å²) in [6.07, 6.45) is 4.40. The fourth-order valence-corrected chi connectivity index (χ4v) is 4.50. The molecule has 1 aliphatic rings. The first-order chi connectivity index (χ1) is 14.3. The van der Waals surface area contributed by atoms with Gasteiger partial charge in [0.1, 0.15) is 10.9 Å². The maximum absolute atomic E-state index is 13.5. The molecule has 3 rings (SSSR count). The van der Waals surface area contributed by atoms with E-state index in [1.807, 2.05) is 6.92 Å². The zero-order valence-corrected chi connectivity index (χ0v) is 18.1. The monoisotopic (exact) mass is 449 g/mol. The number of anilines is 2. The van der Waals surface area contributed by atoms with Crippen LogP contribution in [-0.4, -0.2) is 34.2 Å². The lowest BCUT2D eigenvalue weighted by molar-refractivity contribution is -0.123. The van der Waals surface area contributed by atoms with Gasteiger partial charge in [-0.1, -0.05) is 31.4 Å². The van der Waals surface area contributed by atoms with Gasteiger partial charge in [0.25, 0.3) is 11.8 Å². The number of carbonyl (C=O) groups is 3. The maximum atomic E-state index is 13.5. The molecule has 0 saturated heterocycles. The molecule has 1 unspecified atom stereocenters. The minimum absolute atomic E-state index is 0.0610. The third kappa shape index (κ3) is 4.57.